The summed E-state index contributed by atoms with van der Waals surface area (Å²) in [5.41, 5.74) is 2.69. The van der Waals surface area contributed by atoms with Crippen LogP contribution in [0.3, 0.4) is 0 Å². The summed E-state index contributed by atoms with van der Waals surface area (Å²) in [6.45, 7) is 2.18. The summed E-state index contributed by atoms with van der Waals surface area (Å²) < 4.78 is 41.9. The summed E-state index contributed by atoms with van der Waals surface area (Å²) in [7, 11) is 1.78. The van der Waals surface area contributed by atoms with Crippen LogP contribution < -0.4 is 10.1 Å². The van der Waals surface area contributed by atoms with Crippen molar-refractivity contribution in [1.82, 2.24) is 20.1 Å². The highest BCUT2D eigenvalue weighted by Gasteiger charge is 2.30. The van der Waals surface area contributed by atoms with Crippen LogP contribution in [-0.4, -0.2) is 33.6 Å². The Hall–Kier alpha value is -3.10. The zero-order chi connectivity index (χ0) is 19.6. The number of carbonyl (C=O) groups is 1. The lowest BCUT2D eigenvalue weighted by atomic mass is 10.1. The number of hydrogen-bond donors (Lipinski definition) is 1. The molecule has 0 radical (unpaired) electrons. The van der Waals surface area contributed by atoms with E-state index in [4.69, 9.17) is 0 Å². The quantitative estimate of drug-likeness (QED) is 0.741. The number of aryl methyl sites for hydroxylation is 2. The van der Waals surface area contributed by atoms with Gasteiger partial charge in [0.15, 0.2) is 5.65 Å². The average Bonchev–Trinajstić information content (AvgIpc) is 2.89. The molecule has 0 aliphatic rings. The molecule has 3 aromatic rings. The Bertz CT molecular complexity index is 965. The number of alkyl halides is 3. The van der Waals surface area contributed by atoms with Crippen LogP contribution in [0.4, 0.5) is 13.2 Å². The first-order valence-electron chi connectivity index (χ1n) is 8.15. The van der Waals surface area contributed by atoms with Gasteiger partial charge in [-0.1, -0.05) is 12.1 Å². The van der Waals surface area contributed by atoms with Crippen LogP contribution in [0.15, 0.2) is 36.5 Å². The molecule has 1 amide bonds. The molecule has 0 saturated carbocycles. The van der Waals surface area contributed by atoms with Gasteiger partial charge < -0.3 is 10.1 Å². The van der Waals surface area contributed by atoms with Crippen LogP contribution in [0.2, 0.25) is 0 Å². The summed E-state index contributed by atoms with van der Waals surface area (Å²) in [5.74, 6) is -0.550. The molecule has 2 aromatic heterocycles. The summed E-state index contributed by atoms with van der Waals surface area (Å²) in [4.78, 5) is 16.5. The molecular weight excluding hydrogens is 361 g/mol. The SMILES string of the molecule is Cc1nn(C)c2ncc(C(=O)NCCc3ccc(OC(F)(F)F)cc3)cc12. The molecule has 0 fully saturated rings. The Morgan fingerprint density at radius 1 is 1.26 bits per heavy atom. The molecule has 0 bridgehead atoms. The number of benzene rings is 1. The fraction of sp³-hybridized carbons (Fsp3) is 0.278. The molecule has 1 aromatic carbocycles. The van der Waals surface area contributed by atoms with E-state index in [-0.39, 0.29) is 11.7 Å². The molecule has 0 spiro atoms. The van der Waals surface area contributed by atoms with Crippen LogP contribution >= 0.6 is 0 Å². The molecule has 2 heterocycles. The van der Waals surface area contributed by atoms with Crippen molar-refractivity contribution in [3.63, 3.8) is 0 Å². The van der Waals surface area contributed by atoms with Crippen molar-refractivity contribution in [2.45, 2.75) is 19.7 Å². The van der Waals surface area contributed by atoms with E-state index in [0.717, 1.165) is 16.6 Å². The van der Waals surface area contributed by atoms with E-state index >= 15 is 0 Å². The Morgan fingerprint density at radius 3 is 2.63 bits per heavy atom. The molecule has 27 heavy (non-hydrogen) atoms. The number of carbonyl (C=O) groups excluding carboxylic acids is 1. The van der Waals surface area contributed by atoms with Gasteiger partial charge in [0, 0.05) is 25.2 Å². The third-order valence-corrected chi connectivity index (χ3v) is 3.98. The van der Waals surface area contributed by atoms with E-state index in [1.54, 1.807) is 17.8 Å². The Labute approximate surface area is 153 Å². The van der Waals surface area contributed by atoms with Crippen molar-refractivity contribution >= 4 is 16.9 Å². The number of halogens is 3. The Morgan fingerprint density at radius 2 is 1.96 bits per heavy atom. The van der Waals surface area contributed by atoms with Crippen molar-refractivity contribution in [3.8, 4) is 5.75 Å². The number of pyridine rings is 1. The van der Waals surface area contributed by atoms with Gasteiger partial charge in [0.2, 0.25) is 0 Å². The molecule has 3 rings (SSSR count). The number of hydrogen-bond acceptors (Lipinski definition) is 4. The minimum absolute atomic E-state index is 0.273. The molecule has 0 atom stereocenters. The number of nitrogens with zero attached hydrogens (tertiary/aromatic N) is 3. The largest absolute Gasteiger partial charge is 0.573 e. The molecular formula is C18H17F3N4O2. The van der Waals surface area contributed by atoms with E-state index < -0.39 is 6.36 Å². The number of aromatic nitrogens is 3. The first-order chi connectivity index (χ1) is 12.7. The molecule has 0 aliphatic heterocycles. The smallest absolute Gasteiger partial charge is 0.406 e. The molecule has 1 N–H and O–H groups in total. The van der Waals surface area contributed by atoms with E-state index in [0.29, 0.717) is 24.2 Å². The summed E-state index contributed by atoms with van der Waals surface area (Å²) in [6, 6.07) is 7.28. The topological polar surface area (TPSA) is 69.0 Å². The van der Waals surface area contributed by atoms with Crippen LogP contribution in [0.1, 0.15) is 21.6 Å². The number of nitrogens with one attached hydrogen (secondary N) is 1. The van der Waals surface area contributed by atoms with Crippen LogP contribution in [0.5, 0.6) is 5.75 Å². The maximum absolute atomic E-state index is 12.3. The highest BCUT2D eigenvalue weighted by molar-refractivity contribution is 5.97. The lowest BCUT2D eigenvalue weighted by Crippen LogP contribution is -2.25. The van der Waals surface area contributed by atoms with Crippen molar-refractivity contribution in [1.29, 1.82) is 0 Å². The maximum atomic E-state index is 12.3. The van der Waals surface area contributed by atoms with Gasteiger partial charge in [-0.15, -0.1) is 13.2 Å². The van der Waals surface area contributed by atoms with Crippen molar-refractivity contribution in [2.24, 2.45) is 7.05 Å². The summed E-state index contributed by atoms with van der Waals surface area (Å²) in [5, 5.41) is 7.85. The zero-order valence-electron chi connectivity index (χ0n) is 14.7. The average molecular weight is 378 g/mol. The van der Waals surface area contributed by atoms with Gasteiger partial charge in [-0.25, -0.2) is 4.98 Å². The van der Waals surface area contributed by atoms with Crippen molar-refractivity contribution in [2.75, 3.05) is 6.54 Å². The normalized spacial score (nSPS) is 11.6. The van der Waals surface area contributed by atoms with Crippen molar-refractivity contribution in [3.05, 3.63) is 53.3 Å². The predicted molar refractivity (Wildman–Crippen MR) is 92.4 cm³/mol. The van der Waals surface area contributed by atoms with Crippen LogP contribution in [0, 0.1) is 6.92 Å². The number of fused-ring (bicyclic) bond motifs is 1. The number of rotatable bonds is 5. The molecule has 6 nitrogen and oxygen atoms in total. The summed E-state index contributed by atoms with van der Waals surface area (Å²) >= 11 is 0. The Balaban J connectivity index is 1.57. The van der Waals surface area contributed by atoms with Gasteiger partial charge in [-0.3, -0.25) is 9.48 Å². The van der Waals surface area contributed by atoms with Crippen LogP contribution in [0.25, 0.3) is 11.0 Å². The first-order valence-corrected chi connectivity index (χ1v) is 8.15. The molecule has 0 unspecified atom stereocenters. The third kappa shape index (κ3) is 4.55. The fourth-order valence-corrected chi connectivity index (χ4v) is 2.71. The zero-order valence-corrected chi connectivity index (χ0v) is 14.7. The number of ether oxygens (including phenoxy) is 1. The second-order valence-corrected chi connectivity index (χ2v) is 6.00. The highest BCUT2D eigenvalue weighted by Crippen LogP contribution is 2.22. The molecule has 0 aliphatic carbocycles. The van der Waals surface area contributed by atoms with E-state index in [2.05, 4.69) is 20.1 Å². The highest BCUT2D eigenvalue weighted by atomic mass is 19.4. The fourth-order valence-electron chi connectivity index (χ4n) is 2.71. The lowest BCUT2D eigenvalue weighted by molar-refractivity contribution is -0.274. The molecule has 0 saturated heterocycles. The van der Waals surface area contributed by atoms with Gasteiger partial charge in [0.05, 0.1) is 11.3 Å². The van der Waals surface area contributed by atoms with Crippen LogP contribution in [-0.2, 0) is 13.5 Å². The maximum Gasteiger partial charge on any atom is 0.573 e. The summed E-state index contributed by atoms with van der Waals surface area (Å²) in [6.07, 6.45) is -2.75. The van der Waals surface area contributed by atoms with E-state index in [1.165, 1.54) is 30.5 Å². The Kier molecular flexibility index (Phi) is 5.02. The minimum atomic E-state index is -4.71. The minimum Gasteiger partial charge on any atom is -0.406 e. The van der Waals surface area contributed by atoms with E-state index in [9.17, 15) is 18.0 Å². The number of amides is 1. The van der Waals surface area contributed by atoms with Gasteiger partial charge in [0.25, 0.3) is 5.91 Å². The molecule has 142 valence electrons. The van der Waals surface area contributed by atoms with Gasteiger partial charge in [-0.05, 0) is 37.1 Å². The van der Waals surface area contributed by atoms with Gasteiger partial charge in [0.1, 0.15) is 5.75 Å². The van der Waals surface area contributed by atoms with E-state index in [1.807, 2.05) is 6.92 Å². The van der Waals surface area contributed by atoms with Gasteiger partial charge >= 0.3 is 6.36 Å². The second kappa shape index (κ2) is 7.26. The second-order valence-electron chi connectivity index (χ2n) is 6.00. The third-order valence-electron chi connectivity index (χ3n) is 3.98. The van der Waals surface area contributed by atoms with Gasteiger partial charge in [-0.2, -0.15) is 5.10 Å². The lowest BCUT2D eigenvalue weighted by Gasteiger charge is -2.09. The first kappa shape index (κ1) is 18.7. The predicted octanol–water partition coefficient (Wildman–Crippen LogP) is 3.15. The molecule has 9 heteroatoms. The van der Waals surface area contributed by atoms with Crippen molar-refractivity contribution < 1.29 is 22.7 Å². The standard InChI is InChI=1S/C18H17F3N4O2/c1-11-15-9-13(10-23-16(15)25(2)24-11)17(26)22-8-7-12-3-5-14(6-4-12)27-18(19,20)21/h3-6,9-10H,7-8H2,1-2H3,(H,22,26). The monoisotopic (exact) mass is 378 g/mol.